The molecular weight excluding hydrogens is 492 g/mol. The van der Waals surface area contributed by atoms with E-state index in [2.05, 4.69) is 34.4 Å². The predicted molar refractivity (Wildman–Crippen MR) is 143 cm³/mol. The molecule has 0 radical (unpaired) electrons. The van der Waals surface area contributed by atoms with E-state index in [1.54, 1.807) is 48.5 Å². The largest absolute Gasteiger partial charge is 0.364 e. The molecule has 1 aliphatic rings. The number of aromatic nitrogens is 2. The minimum Gasteiger partial charge on any atom is -0.364 e. The number of carbonyl (C=O) groups is 3. The summed E-state index contributed by atoms with van der Waals surface area (Å²) in [6.07, 6.45) is 4.90. The molecule has 2 aromatic carbocycles. The molecule has 3 amide bonds. The van der Waals surface area contributed by atoms with Gasteiger partial charge in [-0.05, 0) is 76.2 Å². The van der Waals surface area contributed by atoms with Crippen LogP contribution < -0.4 is 16.4 Å². The second-order valence-electron chi connectivity index (χ2n) is 9.70. The average Bonchev–Trinajstić information content (AvgIpc) is 3.34. The third-order valence-electron chi connectivity index (χ3n) is 6.63. The van der Waals surface area contributed by atoms with Crippen LogP contribution in [0.2, 0.25) is 5.02 Å². The first-order valence-corrected chi connectivity index (χ1v) is 12.6. The summed E-state index contributed by atoms with van der Waals surface area (Å²) in [6, 6.07) is 13.6. The summed E-state index contributed by atoms with van der Waals surface area (Å²) in [5, 5.41) is 6.13. The maximum Gasteiger partial charge on any atom is 0.270 e. The van der Waals surface area contributed by atoms with Crippen LogP contribution in [0.15, 0.2) is 54.9 Å². The molecule has 0 saturated carbocycles. The number of piperidine rings is 1. The van der Waals surface area contributed by atoms with E-state index in [4.69, 9.17) is 17.3 Å². The fourth-order valence-corrected chi connectivity index (χ4v) is 4.70. The summed E-state index contributed by atoms with van der Waals surface area (Å²) in [6.45, 7) is 6.59. The van der Waals surface area contributed by atoms with Crippen molar-refractivity contribution in [3.63, 3.8) is 0 Å². The van der Waals surface area contributed by atoms with E-state index < -0.39 is 11.8 Å². The Kier molecular flexibility index (Phi) is 7.94. The quantitative estimate of drug-likeness (QED) is 0.414. The van der Waals surface area contributed by atoms with Crippen LogP contribution >= 0.6 is 11.6 Å². The van der Waals surface area contributed by atoms with Gasteiger partial charge in [0.25, 0.3) is 17.7 Å². The van der Waals surface area contributed by atoms with Gasteiger partial charge in [-0.15, -0.1) is 0 Å². The zero-order valence-corrected chi connectivity index (χ0v) is 21.7. The zero-order chi connectivity index (χ0) is 26.6. The van der Waals surface area contributed by atoms with E-state index in [-0.39, 0.29) is 22.8 Å². The molecule has 2 heterocycles. The molecule has 3 aromatic rings. The summed E-state index contributed by atoms with van der Waals surface area (Å²) in [5.74, 6) is -1.57. The lowest BCUT2D eigenvalue weighted by Crippen LogP contribution is -2.53. The van der Waals surface area contributed by atoms with Gasteiger partial charge in [-0.1, -0.05) is 30.2 Å². The van der Waals surface area contributed by atoms with E-state index in [0.717, 1.165) is 25.9 Å². The number of likely N-dealkylation sites (tertiary alicyclic amines) is 1. The number of nitrogens with one attached hydrogen (secondary N) is 2. The van der Waals surface area contributed by atoms with Gasteiger partial charge in [-0.2, -0.15) is 0 Å². The van der Waals surface area contributed by atoms with Crippen molar-refractivity contribution in [3.8, 4) is 5.69 Å². The number of rotatable bonds is 8. The lowest BCUT2D eigenvalue weighted by Gasteiger charge is -2.41. The van der Waals surface area contributed by atoms with Gasteiger partial charge in [0.2, 0.25) is 0 Å². The van der Waals surface area contributed by atoms with Crippen molar-refractivity contribution >= 4 is 35.0 Å². The SMILES string of the molecule is CC(C)(CNC(=O)c1c(C(N)=O)ncn1-c1ccc(NC(=O)c2ccccc2Cl)cc1)N1CCCCC1. The Bertz CT molecular complexity index is 1300. The Morgan fingerprint density at radius 3 is 2.32 bits per heavy atom. The fourth-order valence-electron chi connectivity index (χ4n) is 4.48. The van der Waals surface area contributed by atoms with Crippen LogP contribution in [-0.4, -0.2) is 57.3 Å². The van der Waals surface area contributed by atoms with Crippen molar-refractivity contribution in [1.82, 2.24) is 19.8 Å². The molecule has 1 saturated heterocycles. The first kappa shape index (κ1) is 26.4. The summed E-state index contributed by atoms with van der Waals surface area (Å²) in [7, 11) is 0. The number of carbonyl (C=O) groups excluding carboxylic acids is 3. The van der Waals surface area contributed by atoms with Crippen molar-refractivity contribution in [3.05, 3.63) is 76.8 Å². The summed E-state index contributed by atoms with van der Waals surface area (Å²) >= 11 is 6.11. The number of primary amides is 1. The van der Waals surface area contributed by atoms with E-state index in [1.807, 2.05) is 0 Å². The number of amides is 3. The van der Waals surface area contributed by atoms with Crippen LogP contribution in [0.5, 0.6) is 0 Å². The number of hydrogen-bond donors (Lipinski definition) is 3. The Hall–Kier alpha value is -3.69. The number of benzene rings is 2. The zero-order valence-electron chi connectivity index (χ0n) is 21.0. The molecule has 1 aliphatic heterocycles. The van der Waals surface area contributed by atoms with Gasteiger partial charge in [-0.3, -0.25) is 23.9 Å². The van der Waals surface area contributed by atoms with Gasteiger partial charge >= 0.3 is 0 Å². The third kappa shape index (κ3) is 6.00. The van der Waals surface area contributed by atoms with Crippen molar-refractivity contribution in [1.29, 1.82) is 0 Å². The molecule has 4 rings (SSSR count). The highest BCUT2D eigenvalue weighted by atomic mass is 35.5. The summed E-state index contributed by atoms with van der Waals surface area (Å²) in [5.41, 5.74) is 6.73. The first-order valence-electron chi connectivity index (χ1n) is 12.2. The van der Waals surface area contributed by atoms with Crippen molar-refractivity contribution in [2.45, 2.75) is 38.6 Å². The minimum absolute atomic E-state index is 0.0646. The van der Waals surface area contributed by atoms with Gasteiger partial charge < -0.3 is 16.4 Å². The maximum absolute atomic E-state index is 13.3. The van der Waals surface area contributed by atoms with E-state index in [9.17, 15) is 14.4 Å². The number of hydrogen-bond acceptors (Lipinski definition) is 5. The monoisotopic (exact) mass is 522 g/mol. The number of halogens is 1. The average molecular weight is 523 g/mol. The van der Waals surface area contributed by atoms with Crippen LogP contribution in [0.1, 0.15) is 64.4 Å². The predicted octanol–water partition coefficient (Wildman–Crippen LogP) is 3.87. The highest BCUT2D eigenvalue weighted by Gasteiger charge is 2.30. The van der Waals surface area contributed by atoms with Gasteiger partial charge in [0.05, 0.1) is 10.6 Å². The Balaban J connectivity index is 1.52. The van der Waals surface area contributed by atoms with Gasteiger partial charge in [-0.25, -0.2) is 4.98 Å². The molecular formula is C27H31ClN6O3. The number of anilines is 1. The molecule has 10 heteroatoms. The fraction of sp³-hybridized carbons (Fsp3) is 0.333. The first-order chi connectivity index (χ1) is 17.7. The summed E-state index contributed by atoms with van der Waals surface area (Å²) in [4.78, 5) is 44.4. The topological polar surface area (TPSA) is 122 Å². The Morgan fingerprint density at radius 2 is 1.68 bits per heavy atom. The molecule has 0 unspecified atom stereocenters. The molecule has 9 nitrogen and oxygen atoms in total. The number of nitrogens with zero attached hydrogens (tertiary/aromatic N) is 3. The highest BCUT2D eigenvalue weighted by molar-refractivity contribution is 6.34. The van der Waals surface area contributed by atoms with Gasteiger partial charge in [0.1, 0.15) is 12.0 Å². The molecule has 0 spiro atoms. The second-order valence-corrected chi connectivity index (χ2v) is 10.1. The van der Waals surface area contributed by atoms with Gasteiger partial charge in [0.15, 0.2) is 5.69 Å². The van der Waals surface area contributed by atoms with Crippen molar-refractivity contribution in [2.75, 3.05) is 25.0 Å². The minimum atomic E-state index is -0.789. The number of nitrogens with two attached hydrogens (primary N) is 1. The van der Waals surface area contributed by atoms with Crippen LogP contribution in [0.4, 0.5) is 5.69 Å². The lowest BCUT2D eigenvalue weighted by molar-refractivity contribution is 0.0790. The molecule has 0 atom stereocenters. The van der Waals surface area contributed by atoms with Crippen LogP contribution in [-0.2, 0) is 0 Å². The molecule has 1 fully saturated rings. The molecule has 37 heavy (non-hydrogen) atoms. The molecule has 1 aromatic heterocycles. The maximum atomic E-state index is 13.3. The van der Waals surface area contributed by atoms with Gasteiger partial charge in [0, 0.05) is 23.5 Å². The van der Waals surface area contributed by atoms with Crippen LogP contribution in [0.3, 0.4) is 0 Å². The standard InChI is InChI=1S/C27H31ClN6O3/c1-27(2,33-14-6-3-7-15-33)16-30-26(37)23-22(24(29)35)31-17-34(23)19-12-10-18(11-13-19)32-25(36)20-8-4-5-9-21(20)28/h4-5,8-13,17H,3,6-7,14-16H2,1-2H3,(H2,29,35)(H,30,37)(H,32,36). The van der Waals surface area contributed by atoms with Crippen LogP contribution in [0, 0.1) is 0 Å². The number of imidazole rings is 1. The second kappa shape index (κ2) is 11.1. The van der Waals surface area contributed by atoms with Crippen molar-refractivity contribution in [2.24, 2.45) is 5.73 Å². The van der Waals surface area contributed by atoms with Crippen LogP contribution in [0.25, 0.3) is 5.69 Å². The third-order valence-corrected chi connectivity index (χ3v) is 6.96. The van der Waals surface area contributed by atoms with Crippen molar-refractivity contribution < 1.29 is 14.4 Å². The Labute approximate surface area is 221 Å². The smallest absolute Gasteiger partial charge is 0.270 e. The molecule has 194 valence electrons. The lowest BCUT2D eigenvalue weighted by atomic mass is 9.98. The van der Waals surface area contributed by atoms with E-state index >= 15 is 0 Å². The van der Waals surface area contributed by atoms with E-state index in [1.165, 1.54) is 17.3 Å². The molecule has 0 bridgehead atoms. The normalized spacial score (nSPS) is 14.2. The highest BCUT2D eigenvalue weighted by Crippen LogP contribution is 2.22. The summed E-state index contributed by atoms with van der Waals surface area (Å²) < 4.78 is 1.52. The molecule has 0 aliphatic carbocycles. The molecule has 4 N–H and O–H groups in total. The van der Waals surface area contributed by atoms with E-state index in [0.29, 0.717) is 28.5 Å². The Morgan fingerprint density at radius 1 is 1.00 bits per heavy atom.